The van der Waals surface area contributed by atoms with Crippen molar-refractivity contribution < 1.29 is 17.6 Å². The van der Waals surface area contributed by atoms with Crippen LogP contribution in [0.2, 0.25) is 0 Å². The molecule has 0 unspecified atom stereocenters. The summed E-state index contributed by atoms with van der Waals surface area (Å²) in [5.74, 6) is 0.0468. The van der Waals surface area contributed by atoms with E-state index >= 15 is 0 Å². The van der Waals surface area contributed by atoms with Crippen molar-refractivity contribution in [3.63, 3.8) is 0 Å². The van der Waals surface area contributed by atoms with Crippen LogP contribution in [0.5, 0.6) is 0 Å². The topological polar surface area (TPSA) is 94.6 Å². The third-order valence-electron chi connectivity index (χ3n) is 5.19. The second-order valence-electron chi connectivity index (χ2n) is 6.86. The minimum Gasteiger partial charge on any atom is -0.451 e. The van der Waals surface area contributed by atoms with E-state index in [0.717, 1.165) is 10.9 Å². The van der Waals surface area contributed by atoms with E-state index in [-0.39, 0.29) is 48.3 Å². The lowest BCUT2D eigenvalue weighted by molar-refractivity contribution is 0.0667. The molecular formula is C21H19N3O4S. The number of rotatable bonds is 3. The molecule has 1 aliphatic heterocycles. The first-order valence-corrected chi connectivity index (χ1v) is 10.6. The van der Waals surface area contributed by atoms with Crippen LogP contribution in [0, 0.1) is 18.3 Å². The average molecular weight is 409 g/mol. The van der Waals surface area contributed by atoms with Crippen LogP contribution in [0.4, 0.5) is 0 Å². The summed E-state index contributed by atoms with van der Waals surface area (Å²) in [7, 11) is -3.80. The van der Waals surface area contributed by atoms with E-state index in [0.29, 0.717) is 5.58 Å². The SMILES string of the molecule is Cc1c(C(=O)N2CCN(S(=O)(=O)c3ccccc3C#N)CC2)oc2ccccc12. The maximum atomic E-state index is 12.9. The van der Waals surface area contributed by atoms with Crippen LogP contribution in [-0.2, 0) is 10.0 Å². The Labute approximate surface area is 168 Å². The van der Waals surface area contributed by atoms with Crippen molar-refractivity contribution in [2.45, 2.75) is 11.8 Å². The van der Waals surface area contributed by atoms with Gasteiger partial charge in [0, 0.05) is 37.1 Å². The molecule has 1 fully saturated rings. The molecule has 7 nitrogen and oxygen atoms in total. The van der Waals surface area contributed by atoms with Crippen LogP contribution in [0.25, 0.3) is 11.0 Å². The molecular weight excluding hydrogens is 390 g/mol. The van der Waals surface area contributed by atoms with Crippen molar-refractivity contribution in [2.75, 3.05) is 26.2 Å². The molecule has 0 N–H and O–H groups in total. The van der Waals surface area contributed by atoms with Gasteiger partial charge in [-0.3, -0.25) is 4.79 Å². The van der Waals surface area contributed by atoms with E-state index < -0.39 is 10.0 Å². The van der Waals surface area contributed by atoms with Crippen molar-refractivity contribution in [3.05, 3.63) is 65.4 Å². The van der Waals surface area contributed by atoms with Gasteiger partial charge in [0.1, 0.15) is 11.7 Å². The zero-order chi connectivity index (χ0) is 20.6. The number of amides is 1. The van der Waals surface area contributed by atoms with Crippen LogP contribution >= 0.6 is 0 Å². The van der Waals surface area contributed by atoms with Crippen molar-refractivity contribution in [3.8, 4) is 6.07 Å². The van der Waals surface area contributed by atoms with Gasteiger partial charge in [-0.1, -0.05) is 30.3 Å². The second kappa shape index (κ2) is 7.35. The second-order valence-corrected chi connectivity index (χ2v) is 8.76. The Balaban J connectivity index is 1.52. The molecule has 0 atom stereocenters. The van der Waals surface area contributed by atoms with E-state index in [1.807, 2.05) is 37.3 Å². The maximum absolute atomic E-state index is 12.9. The van der Waals surface area contributed by atoms with E-state index in [1.165, 1.54) is 16.4 Å². The van der Waals surface area contributed by atoms with Crippen LogP contribution < -0.4 is 0 Å². The van der Waals surface area contributed by atoms with Crippen LogP contribution in [0.1, 0.15) is 21.7 Å². The fraction of sp³-hybridized carbons (Fsp3) is 0.238. The number of carbonyl (C=O) groups excluding carboxylic acids is 1. The quantitative estimate of drug-likeness (QED) is 0.663. The van der Waals surface area contributed by atoms with E-state index in [2.05, 4.69) is 0 Å². The molecule has 4 rings (SSSR count). The molecule has 3 aromatic rings. The van der Waals surface area contributed by atoms with Gasteiger partial charge in [0.15, 0.2) is 5.76 Å². The maximum Gasteiger partial charge on any atom is 0.289 e. The molecule has 0 saturated carbocycles. The molecule has 148 valence electrons. The molecule has 1 saturated heterocycles. The van der Waals surface area contributed by atoms with Crippen molar-refractivity contribution >= 4 is 26.9 Å². The Hall–Kier alpha value is -3.15. The highest BCUT2D eigenvalue weighted by Gasteiger charge is 2.33. The molecule has 1 aromatic heterocycles. The number of para-hydroxylation sites is 1. The van der Waals surface area contributed by atoms with E-state index in [9.17, 15) is 18.5 Å². The van der Waals surface area contributed by atoms with Crippen molar-refractivity contribution in [2.24, 2.45) is 0 Å². The Bertz CT molecular complexity index is 1230. The highest BCUT2D eigenvalue weighted by atomic mass is 32.2. The molecule has 0 radical (unpaired) electrons. The first-order chi connectivity index (χ1) is 13.9. The number of sulfonamides is 1. The monoisotopic (exact) mass is 409 g/mol. The first kappa shape index (κ1) is 19.2. The van der Waals surface area contributed by atoms with Gasteiger partial charge in [0.2, 0.25) is 10.0 Å². The minimum absolute atomic E-state index is 0.00425. The summed E-state index contributed by atoms with van der Waals surface area (Å²) in [6, 6.07) is 15.5. The molecule has 29 heavy (non-hydrogen) atoms. The molecule has 0 bridgehead atoms. The van der Waals surface area contributed by atoms with Gasteiger partial charge in [-0.2, -0.15) is 9.57 Å². The highest BCUT2D eigenvalue weighted by molar-refractivity contribution is 7.89. The lowest BCUT2D eigenvalue weighted by atomic mass is 10.1. The van der Waals surface area contributed by atoms with Gasteiger partial charge in [0.05, 0.1) is 10.5 Å². The molecule has 8 heteroatoms. The number of nitriles is 1. The smallest absolute Gasteiger partial charge is 0.289 e. The Morgan fingerprint density at radius 2 is 1.69 bits per heavy atom. The summed E-state index contributed by atoms with van der Waals surface area (Å²) in [6.07, 6.45) is 0. The van der Waals surface area contributed by atoms with E-state index in [4.69, 9.17) is 4.42 Å². The van der Waals surface area contributed by atoms with Gasteiger partial charge < -0.3 is 9.32 Å². The zero-order valence-electron chi connectivity index (χ0n) is 15.8. The number of piperazine rings is 1. The summed E-state index contributed by atoms with van der Waals surface area (Å²) >= 11 is 0. The van der Waals surface area contributed by atoms with Gasteiger partial charge in [-0.15, -0.1) is 0 Å². The summed E-state index contributed by atoms with van der Waals surface area (Å²) in [5.41, 5.74) is 1.55. The Kier molecular flexibility index (Phi) is 4.86. The third kappa shape index (κ3) is 3.28. The fourth-order valence-electron chi connectivity index (χ4n) is 3.58. The summed E-state index contributed by atoms with van der Waals surface area (Å²) in [5, 5.41) is 10.1. The van der Waals surface area contributed by atoms with Gasteiger partial charge in [-0.25, -0.2) is 8.42 Å². The Morgan fingerprint density at radius 1 is 1.03 bits per heavy atom. The average Bonchev–Trinajstić information content (AvgIpc) is 3.10. The molecule has 0 spiro atoms. The third-order valence-corrected chi connectivity index (χ3v) is 7.15. The lowest BCUT2D eigenvalue weighted by Crippen LogP contribution is -2.50. The van der Waals surface area contributed by atoms with Crippen LogP contribution in [0.3, 0.4) is 0 Å². The fourth-order valence-corrected chi connectivity index (χ4v) is 5.14. The predicted molar refractivity (Wildman–Crippen MR) is 107 cm³/mol. The van der Waals surface area contributed by atoms with Crippen molar-refractivity contribution in [1.29, 1.82) is 5.26 Å². The number of nitrogens with zero attached hydrogens (tertiary/aromatic N) is 3. The van der Waals surface area contributed by atoms with Crippen molar-refractivity contribution in [1.82, 2.24) is 9.21 Å². The number of hydrogen-bond acceptors (Lipinski definition) is 5. The lowest BCUT2D eigenvalue weighted by Gasteiger charge is -2.33. The van der Waals surface area contributed by atoms with Crippen LogP contribution in [0.15, 0.2) is 57.8 Å². The summed E-state index contributed by atoms with van der Waals surface area (Å²) in [6.45, 7) is 2.67. The molecule has 2 aromatic carbocycles. The highest BCUT2D eigenvalue weighted by Crippen LogP contribution is 2.27. The number of furan rings is 1. The van der Waals surface area contributed by atoms with E-state index in [1.54, 1.807) is 17.0 Å². The Morgan fingerprint density at radius 3 is 2.38 bits per heavy atom. The largest absolute Gasteiger partial charge is 0.451 e. The zero-order valence-corrected chi connectivity index (χ0v) is 16.6. The number of carbonyl (C=O) groups is 1. The summed E-state index contributed by atoms with van der Waals surface area (Å²) < 4.78 is 32.9. The first-order valence-electron chi connectivity index (χ1n) is 9.20. The number of benzene rings is 2. The number of fused-ring (bicyclic) bond motifs is 1. The standard InChI is InChI=1S/C21H19N3O4S/c1-15-17-7-3-4-8-18(17)28-20(15)21(25)23-10-12-24(13-11-23)29(26,27)19-9-5-2-6-16(19)14-22/h2-9H,10-13H2,1H3. The van der Waals surface area contributed by atoms with Gasteiger partial charge >= 0.3 is 0 Å². The van der Waals surface area contributed by atoms with Gasteiger partial charge in [0.25, 0.3) is 5.91 Å². The summed E-state index contributed by atoms with van der Waals surface area (Å²) in [4.78, 5) is 14.5. The normalized spacial score (nSPS) is 15.4. The molecule has 0 aliphatic carbocycles. The predicted octanol–water partition coefficient (Wildman–Crippen LogP) is 2.76. The number of aryl methyl sites for hydroxylation is 1. The molecule has 1 amide bonds. The van der Waals surface area contributed by atoms with Gasteiger partial charge in [-0.05, 0) is 25.1 Å². The molecule has 1 aliphatic rings. The number of hydrogen-bond donors (Lipinski definition) is 0. The minimum atomic E-state index is -3.80. The molecule has 2 heterocycles. The van der Waals surface area contributed by atoms with Crippen LogP contribution in [-0.4, -0.2) is 49.7 Å².